The molecule has 49 heavy (non-hydrogen) atoms. The number of carbonyl (C=O) groups is 1. The van der Waals surface area contributed by atoms with E-state index in [2.05, 4.69) is 36.9 Å². The van der Waals surface area contributed by atoms with Crippen LogP contribution in [0, 0.1) is 11.2 Å². The van der Waals surface area contributed by atoms with Gasteiger partial charge in [-0.15, -0.1) is 0 Å². The van der Waals surface area contributed by atoms with Crippen LogP contribution in [0.1, 0.15) is 66.8 Å². The summed E-state index contributed by atoms with van der Waals surface area (Å²) in [6, 6.07) is 16.0. The maximum atomic E-state index is 14.3. The summed E-state index contributed by atoms with van der Waals surface area (Å²) < 4.78 is 27.2. The molecule has 1 atom stereocenters. The van der Waals surface area contributed by atoms with Crippen LogP contribution >= 0.6 is 0 Å². The van der Waals surface area contributed by atoms with E-state index in [-0.39, 0.29) is 47.4 Å². The van der Waals surface area contributed by atoms with Gasteiger partial charge in [0, 0.05) is 62.4 Å². The van der Waals surface area contributed by atoms with E-state index < -0.39 is 5.82 Å². The number of hydrogen-bond acceptors (Lipinski definition) is 9. The topological polar surface area (TPSA) is 104 Å². The molecule has 11 heteroatoms. The number of aromatic nitrogens is 3. The molecule has 2 aliphatic heterocycles. The molecule has 2 aromatic heterocycles. The molecule has 0 radical (unpaired) electrons. The van der Waals surface area contributed by atoms with Crippen LogP contribution in [0.5, 0.6) is 17.2 Å². The second kappa shape index (κ2) is 13.7. The van der Waals surface area contributed by atoms with Crippen molar-refractivity contribution in [3.8, 4) is 17.2 Å². The van der Waals surface area contributed by atoms with Crippen LogP contribution in [0.4, 0.5) is 10.2 Å². The highest BCUT2D eigenvalue weighted by atomic mass is 19.1. The van der Waals surface area contributed by atoms with E-state index in [1.165, 1.54) is 30.1 Å². The largest absolute Gasteiger partial charge is 0.490 e. The second-order valence-corrected chi connectivity index (χ2v) is 13.7. The van der Waals surface area contributed by atoms with Gasteiger partial charge in [-0.25, -0.2) is 14.4 Å². The van der Waals surface area contributed by atoms with Gasteiger partial charge < -0.3 is 24.4 Å². The van der Waals surface area contributed by atoms with E-state index in [4.69, 9.17) is 9.47 Å². The number of carbonyl (C=O) groups excluding carboxylic acids is 1. The Morgan fingerprint density at radius 2 is 1.88 bits per heavy atom. The van der Waals surface area contributed by atoms with Crippen LogP contribution in [-0.2, 0) is 13.0 Å². The van der Waals surface area contributed by atoms with Gasteiger partial charge >= 0.3 is 0 Å². The fourth-order valence-corrected chi connectivity index (χ4v) is 7.69. The number of fused-ring (bicyclic) bond motifs is 1. The van der Waals surface area contributed by atoms with Gasteiger partial charge in [-0.05, 0) is 63.4 Å². The van der Waals surface area contributed by atoms with Crippen LogP contribution in [0.3, 0.4) is 0 Å². The van der Waals surface area contributed by atoms with E-state index in [1.807, 2.05) is 51.2 Å². The van der Waals surface area contributed by atoms with E-state index in [0.717, 1.165) is 62.4 Å². The maximum Gasteiger partial charge on any atom is 0.257 e. The Morgan fingerprint density at radius 1 is 1.08 bits per heavy atom. The zero-order chi connectivity index (χ0) is 34.1. The van der Waals surface area contributed by atoms with Gasteiger partial charge in [0.25, 0.3) is 5.91 Å². The molecule has 4 aromatic rings. The summed E-state index contributed by atoms with van der Waals surface area (Å²) >= 11 is 0. The number of halogens is 1. The van der Waals surface area contributed by atoms with E-state index in [1.54, 1.807) is 11.1 Å². The SMILES string of the molecule is CCN(C(=O)c1cc(F)ccc1Oc1cncnc1N1CC2(CC(Oc3ccnc4c3C(CO)N(Cc3ccccc3)CC4)C2)C1)C(C)C. The predicted molar refractivity (Wildman–Crippen MR) is 183 cm³/mol. The fourth-order valence-electron chi connectivity index (χ4n) is 7.69. The van der Waals surface area contributed by atoms with Gasteiger partial charge in [-0.2, -0.15) is 0 Å². The zero-order valence-electron chi connectivity index (χ0n) is 28.3. The lowest BCUT2D eigenvalue weighted by molar-refractivity contribution is -0.0361. The van der Waals surface area contributed by atoms with Gasteiger partial charge in [0.1, 0.15) is 29.7 Å². The fraction of sp³-hybridized carbons (Fsp3) is 0.421. The van der Waals surface area contributed by atoms with E-state index in [0.29, 0.717) is 18.1 Å². The highest BCUT2D eigenvalue weighted by molar-refractivity contribution is 5.97. The number of amides is 1. The first kappa shape index (κ1) is 32.9. The molecule has 1 N–H and O–H groups in total. The highest BCUT2D eigenvalue weighted by Gasteiger charge is 2.54. The molecular weight excluding hydrogens is 623 g/mol. The molecule has 1 saturated heterocycles. The lowest BCUT2D eigenvalue weighted by Gasteiger charge is -2.59. The van der Waals surface area contributed by atoms with Crippen molar-refractivity contribution in [1.29, 1.82) is 0 Å². The van der Waals surface area contributed by atoms with Gasteiger partial charge in [-0.1, -0.05) is 30.3 Å². The summed E-state index contributed by atoms with van der Waals surface area (Å²) in [5, 5.41) is 10.5. The van der Waals surface area contributed by atoms with Crippen LogP contribution in [-0.4, -0.2) is 80.7 Å². The Morgan fingerprint density at radius 3 is 2.61 bits per heavy atom. The molecule has 10 nitrogen and oxygen atoms in total. The number of aliphatic hydroxyl groups is 1. The Kier molecular flexibility index (Phi) is 9.21. The summed E-state index contributed by atoms with van der Waals surface area (Å²) in [5.41, 5.74) is 3.48. The van der Waals surface area contributed by atoms with Crippen molar-refractivity contribution in [2.45, 2.75) is 64.8 Å². The van der Waals surface area contributed by atoms with Crippen molar-refractivity contribution in [2.24, 2.45) is 5.41 Å². The van der Waals surface area contributed by atoms with Crippen LogP contribution in [0.15, 0.2) is 73.3 Å². The number of aliphatic hydroxyl groups excluding tert-OH is 1. The average Bonchev–Trinajstić information content (AvgIpc) is 3.07. The summed E-state index contributed by atoms with van der Waals surface area (Å²) in [4.78, 5) is 32.9. The van der Waals surface area contributed by atoms with Crippen molar-refractivity contribution in [3.63, 3.8) is 0 Å². The number of pyridine rings is 1. The minimum absolute atomic E-state index is 0.00303. The maximum absolute atomic E-state index is 14.3. The molecule has 2 aromatic carbocycles. The second-order valence-electron chi connectivity index (χ2n) is 13.7. The number of anilines is 1. The zero-order valence-corrected chi connectivity index (χ0v) is 28.3. The molecule has 1 amide bonds. The van der Waals surface area contributed by atoms with Crippen molar-refractivity contribution < 1.29 is 23.8 Å². The van der Waals surface area contributed by atoms with Crippen LogP contribution < -0.4 is 14.4 Å². The summed E-state index contributed by atoms with van der Waals surface area (Å²) in [6.45, 7) is 9.39. The monoisotopic (exact) mass is 666 g/mol. The van der Waals surface area contributed by atoms with Crippen LogP contribution in [0.25, 0.3) is 0 Å². The first-order valence-corrected chi connectivity index (χ1v) is 17.1. The first-order chi connectivity index (χ1) is 23.8. The van der Waals surface area contributed by atoms with E-state index in [9.17, 15) is 14.3 Å². The molecule has 7 rings (SSSR count). The van der Waals surface area contributed by atoms with Crippen molar-refractivity contribution in [1.82, 2.24) is 24.8 Å². The molecule has 0 bridgehead atoms. The third kappa shape index (κ3) is 6.57. The number of rotatable bonds is 11. The van der Waals surface area contributed by atoms with Crippen molar-refractivity contribution in [3.05, 3.63) is 102 Å². The molecular formula is C38H43FN6O4. The van der Waals surface area contributed by atoms with Crippen molar-refractivity contribution in [2.75, 3.05) is 37.7 Å². The average molecular weight is 667 g/mol. The summed E-state index contributed by atoms with van der Waals surface area (Å²) in [6.07, 6.45) is 7.56. The normalized spacial score (nSPS) is 18.5. The predicted octanol–water partition coefficient (Wildman–Crippen LogP) is 5.81. The molecule has 1 spiro atoms. The van der Waals surface area contributed by atoms with Gasteiger partial charge in [0.2, 0.25) is 0 Å². The number of nitrogens with zero attached hydrogens (tertiary/aromatic N) is 6. The number of ether oxygens (including phenoxy) is 2. The lowest BCUT2D eigenvalue weighted by atomic mass is 9.61. The Hall–Kier alpha value is -4.61. The van der Waals surface area contributed by atoms with Gasteiger partial charge in [0.15, 0.2) is 11.6 Å². The highest BCUT2D eigenvalue weighted by Crippen LogP contribution is 2.52. The third-order valence-corrected chi connectivity index (χ3v) is 10.1. The molecule has 1 unspecified atom stereocenters. The first-order valence-electron chi connectivity index (χ1n) is 17.1. The number of hydrogen-bond donors (Lipinski definition) is 1. The van der Waals surface area contributed by atoms with Crippen molar-refractivity contribution >= 4 is 11.7 Å². The molecule has 256 valence electrons. The van der Waals surface area contributed by atoms with E-state index >= 15 is 0 Å². The Bertz CT molecular complexity index is 1790. The smallest absolute Gasteiger partial charge is 0.257 e. The molecule has 1 aliphatic carbocycles. The van der Waals surface area contributed by atoms with Gasteiger partial charge in [-0.3, -0.25) is 14.7 Å². The minimum atomic E-state index is -0.504. The Labute approximate surface area is 286 Å². The molecule has 3 aliphatic rings. The molecule has 1 saturated carbocycles. The lowest BCUT2D eigenvalue weighted by Crippen LogP contribution is -2.65. The summed E-state index contributed by atoms with van der Waals surface area (Å²) in [7, 11) is 0. The molecule has 4 heterocycles. The number of benzene rings is 2. The quantitative estimate of drug-likeness (QED) is 0.212. The standard InChI is InChI=1S/C38H43FN6O4/c1-4-45(25(2)3)37(47)29-16-27(39)10-11-32(29)49-34-19-40-24-42-36(34)44-22-38(23-44)17-28(18-38)48-33-12-14-41-30-13-15-43(31(21-46)35(30)33)20-26-8-6-5-7-9-26/h5-12,14,16,19,24-25,28,31,46H,4,13,15,17-18,20-23H2,1-3H3. The van der Waals surface area contributed by atoms with Crippen LogP contribution in [0.2, 0.25) is 0 Å². The van der Waals surface area contributed by atoms with Gasteiger partial charge in [0.05, 0.1) is 30.1 Å². The Balaban J connectivity index is 1.01. The minimum Gasteiger partial charge on any atom is -0.490 e. The summed E-state index contributed by atoms with van der Waals surface area (Å²) in [5.74, 6) is 1.33. The third-order valence-electron chi connectivity index (χ3n) is 10.1. The molecule has 2 fully saturated rings.